The molecular formula is C15H15Cl2NO2. The number of halogens is 2. The normalized spacial score (nSPS) is 10.4. The van der Waals surface area contributed by atoms with Gasteiger partial charge in [0.2, 0.25) is 0 Å². The highest BCUT2D eigenvalue weighted by Crippen LogP contribution is 2.26. The summed E-state index contributed by atoms with van der Waals surface area (Å²) in [5.74, 6) is 1.47. The van der Waals surface area contributed by atoms with E-state index in [1.807, 2.05) is 24.3 Å². The SMILES string of the molecule is COc1ccc(OCc2ccc(Cl)cc2Cl)c(CN)c1. The van der Waals surface area contributed by atoms with Crippen molar-refractivity contribution in [3.63, 3.8) is 0 Å². The Kier molecular flexibility index (Phi) is 5.12. The number of benzene rings is 2. The van der Waals surface area contributed by atoms with Crippen LogP contribution in [0.1, 0.15) is 11.1 Å². The van der Waals surface area contributed by atoms with E-state index < -0.39 is 0 Å². The number of rotatable bonds is 5. The molecule has 0 spiro atoms. The summed E-state index contributed by atoms with van der Waals surface area (Å²) >= 11 is 12.0. The molecule has 0 aliphatic carbocycles. The zero-order valence-electron chi connectivity index (χ0n) is 11.0. The Hall–Kier alpha value is -1.42. The standard InChI is InChI=1S/C15H15Cl2NO2/c1-19-13-4-5-15(11(6-13)8-18)20-9-10-2-3-12(16)7-14(10)17/h2-7H,8-9,18H2,1H3. The van der Waals surface area contributed by atoms with Crippen LogP contribution < -0.4 is 15.2 Å². The minimum Gasteiger partial charge on any atom is -0.497 e. The maximum Gasteiger partial charge on any atom is 0.124 e. The van der Waals surface area contributed by atoms with Crippen LogP contribution in [0.3, 0.4) is 0 Å². The maximum atomic E-state index is 6.11. The van der Waals surface area contributed by atoms with E-state index in [0.717, 1.165) is 22.6 Å². The number of hydrogen-bond donors (Lipinski definition) is 1. The summed E-state index contributed by atoms with van der Waals surface area (Å²) in [5, 5.41) is 1.19. The molecule has 0 saturated heterocycles. The Morgan fingerprint density at radius 3 is 2.50 bits per heavy atom. The van der Waals surface area contributed by atoms with Gasteiger partial charge < -0.3 is 15.2 Å². The highest BCUT2D eigenvalue weighted by atomic mass is 35.5. The Labute approximate surface area is 128 Å². The van der Waals surface area contributed by atoms with Crippen LogP contribution in [0.2, 0.25) is 10.0 Å². The number of hydrogen-bond acceptors (Lipinski definition) is 3. The van der Waals surface area contributed by atoms with Crippen molar-refractivity contribution in [2.45, 2.75) is 13.2 Å². The van der Waals surface area contributed by atoms with Crippen molar-refractivity contribution in [1.82, 2.24) is 0 Å². The molecule has 3 nitrogen and oxygen atoms in total. The van der Waals surface area contributed by atoms with E-state index in [1.165, 1.54) is 0 Å². The maximum absolute atomic E-state index is 6.11. The van der Waals surface area contributed by atoms with Gasteiger partial charge in [-0.3, -0.25) is 0 Å². The molecule has 106 valence electrons. The second kappa shape index (κ2) is 6.84. The van der Waals surface area contributed by atoms with Crippen molar-refractivity contribution in [2.24, 2.45) is 5.73 Å². The number of ether oxygens (including phenoxy) is 2. The molecule has 2 N–H and O–H groups in total. The molecule has 0 fully saturated rings. The second-order valence-electron chi connectivity index (χ2n) is 4.20. The first-order chi connectivity index (χ1) is 9.63. The summed E-state index contributed by atoms with van der Waals surface area (Å²) in [4.78, 5) is 0. The first kappa shape index (κ1) is 15.0. The summed E-state index contributed by atoms with van der Waals surface area (Å²) in [6, 6.07) is 10.8. The third kappa shape index (κ3) is 3.57. The fourth-order valence-corrected chi connectivity index (χ4v) is 2.24. The second-order valence-corrected chi connectivity index (χ2v) is 5.05. The molecule has 0 radical (unpaired) electrons. The molecule has 20 heavy (non-hydrogen) atoms. The predicted octanol–water partition coefficient (Wildman–Crippen LogP) is 4.04. The molecule has 2 aromatic carbocycles. The monoisotopic (exact) mass is 311 g/mol. The van der Waals surface area contributed by atoms with E-state index in [2.05, 4.69) is 0 Å². The average molecular weight is 312 g/mol. The minimum absolute atomic E-state index is 0.356. The third-order valence-corrected chi connectivity index (χ3v) is 3.47. The van der Waals surface area contributed by atoms with Crippen molar-refractivity contribution < 1.29 is 9.47 Å². The molecule has 2 aromatic rings. The molecule has 0 aromatic heterocycles. The highest BCUT2D eigenvalue weighted by Gasteiger charge is 2.07. The van der Waals surface area contributed by atoms with Gasteiger partial charge in [-0.15, -0.1) is 0 Å². The van der Waals surface area contributed by atoms with Crippen LogP contribution in [0.5, 0.6) is 11.5 Å². The van der Waals surface area contributed by atoms with Gasteiger partial charge in [-0.1, -0.05) is 29.3 Å². The molecule has 0 atom stereocenters. The van der Waals surface area contributed by atoms with Gasteiger partial charge in [-0.25, -0.2) is 0 Å². The Balaban J connectivity index is 2.14. The van der Waals surface area contributed by atoms with Gasteiger partial charge >= 0.3 is 0 Å². The van der Waals surface area contributed by atoms with E-state index in [-0.39, 0.29) is 0 Å². The lowest BCUT2D eigenvalue weighted by Crippen LogP contribution is -2.03. The van der Waals surface area contributed by atoms with Gasteiger partial charge in [0, 0.05) is 27.7 Å². The van der Waals surface area contributed by atoms with Gasteiger partial charge in [0.15, 0.2) is 0 Å². The predicted molar refractivity (Wildman–Crippen MR) is 81.7 cm³/mol. The molecule has 0 amide bonds. The molecular weight excluding hydrogens is 297 g/mol. The fourth-order valence-electron chi connectivity index (χ4n) is 1.78. The zero-order chi connectivity index (χ0) is 14.5. The molecule has 0 saturated carbocycles. The van der Waals surface area contributed by atoms with Crippen LogP contribution in [0.15, 0.2) is 36.4 Å². The van der Waals surface area contributed by atoms with E-state index in [0.29, 0.717) is 23.2 Å². The van der Waals surface area contributed by atoms with Gasteiger partial charge in [0.1, 0.15) is 18.1 Å². The molecule has 0 heterocycles. The van der Waals surface area contributed by atoms with Crippen molar-refractivity contribution in [3.05, 3.63) is 57.6 Å². The van der Waals surface area contributed by atoms with Crippen LogP contribution in [-0.2, 0) is 13.2 Å². The molecule has 2 rings (SSSR count). The summed E-state index contributed by atoms with van der Waals surface area (Å²) in [7, 11) is 1.61. The smallest absolute Gasteiger partial charge is 0.124 e. The quantitative estimate of drug-likeness (QED) is 0.906. The Morgan fingerprint density at radius 1 is 1.05 bits per heavy atom. The molecule has 5 heteroatoms. The largest absolute Gasteiger partial charge is 0.497 e. The summed E-state index contributed by atoms with van der Waals surface area (Å²) < 4.78 is 10.9. The summed E-state index contributed by atoms with van der Waals surface area (Å²) in [5.41, 5.74) is 7.47. The molecule has 0 aliphatic rings. The number of nitrogens with two attached hydrogens (primary N) is 1. The van der Waals surface area contributed by atoms with Crippen LogP contribution in [0, 0.1) is 0 Å². The van der Waals surface area contributed by atoms with Gasteiger partial charge in [0.05, 0.1) is 7.11 Å². The first-order valence-corrected chi connectivity index (χ1v) is 6.83. The van der Waals surface area contributed by atoms with Gasteiger partial charge in [-0.2, -0.15) is 0 Å². The first-order valence-electron chi connectivity index (χ1n) is 6.07. The van der Waals surface area contributed by atoms with Crippen molar-refractivity contribution >= 4 is 23.2 Å². The topological polar surface area (TPSA) is 44.5 Å². The van der Waals surface area contributed by atoms with Crippen molar-refractivity contribution in [1.29, 1.82) is 0 Å². The fraction of sp³-hybridized carbons (Fsp3) is 0.200. The molecule has 0 bridgehead atoms. The van der Waals surface area contributed by atoms with E-state index in [4.69, 9.17) is 38.4 Å². The molecule has 0 aliphatic heterocycles. The lowest BCUT2D eigenvalue weighted by molar-refractivity contribution is 0.302. The van der Waals surface area contributed by atoms with E-state index >= 15 is 0 Å². The van der Waals surface area contributed by atoms with Crippen LogP contribution in [0.25, 0.3) is 0 Å². The third-order valence-electron chi connectivity index (χ3n) is 2.89. The van der Waals surface area contributed by atoms with E-state index in [9.17, 15) is 0 Å². The minimum atomic E-state index is 0.356. The van der Waals surface area contributed by atoms with Gasteiger partial charge in [-0.05, 0) is 30.3 Å². The van der Waals surface area contributed by atoms with Crippen LogP contribution in [-0.4, -0.2) is 7.11 Å². The van der Waals surface area contributed by atoms with Crippen molar-refractivity contribution in [3.8, 4) is 11.5 Å². The van der Waals surface area contributed by atoms with Crippen LogP contribution >= 0.6 is 23.2 Å². The molecule has 0 unspecified atom stereocenters. The van der Waals surface area contributed by atoms with Gasteiger partial charge in [0.25, 0.3) is 0 Å². The van der Waals surface area contributed by atoms with Crippen molar-refractivity contribution in [2.75, 3.05) is 7.11 Å². The Bertz CT molecular complexity index is 602. The summed E-state index contributed by atoms with van der Waals surface area (Å²) in [6.07, 6.45) is 0. The van der Waals surface area contributed by atoms with E-state index in [1.54, 1.807) is 19.2 Å². The van der Waals surface area contributed by atoms with Crippen LogP contribution in [0.4, 0.5) is 0 Å². The summed E-state index contributed by atoms with van der Waals surface area (Å²) in [6.45, 7) is 0.732. The highest BCUT2D eigenvalue weighted by molar-refractivity contribution is 6.35. The average Bonchev–Trinajstić information content (AvgIpc) is 2.46. The number of methoxy groups -OCH3 is 1. The lowest BCUT2D eigenvalue weighted by atomic mass is 10.2. The Morgan fingerprint density at radius 2 is 1.85 bits per heavy atom. The zero-order valence-corrected chi connectivity index (χ0v) is 12.5. The lowest BCUT2D eigenvalue weighted by Gasteiger charge is -2.12.